The number of nitrogens with one attached hydrogen (secondary N) is 2. The first-order chi connectivity index (χ1) is 9.85. The molecule has 1 saturated heterocycles. The predicted octanol–water partition coefficient (Wildman–Crippen LogP) is 2.64. The van der Waals surface area contributed by atoms with Gasteiger partial charge in [0.15, 0.2) is 0 Å². The number of hydrogen-bond donors (Lipinski definition) is 2. The van der Waals surface area contributed by atoms with Crippen molar-refractivity contribution >= 4 is 23.3 Å². The molecule has 0 aliphatic carbocycles. The standard InChI is InChI=1S/C15H22N2O3S/c1-15(2,3)20-14(19)17-12-5-4-10(8-16-13(12)18)11-6-7-21-9-11/h6-7,9-10,12H,4-5,8H2,1-3H3,(H,16,18)(H,17,19)/t10?,12-/m1/s1. The highest BCUT2D eigenvalue weighted by Gasteiger charge is 2.28. The number of alkyl carbamates (subject to hydrolysis) is 1. The number of carbonyl (C=O) groups is 2. The summed E-state index contributed by atoms with van der Waals surface area (Å²) in [5.74, 6) is 0.171. The molecule has 2 heterocycles. The molecular formula is C15H22N2O3S. The van der Waals surface area contributed by atoms with Crippen LogP contribution in [0.3, 0.4) is 0 Å². The van der Waals surface area contributed by atoms with Crippen molar-refractivity contribution in [2.75, 3.05) is 6.54 Å². The van der Waals surface area contributed by atoms with Crippen LogP contribution in [0, 0.1) is 0 Å². The molecule has 1 aromatic rings. The lowest BCUT2D eigenvalue weighted by Crippen LogP contribution is -2.47. The molecular weight excluding hydrogens is 288 g/mol. The van der Waals surface area contributed by atoms with Gasteiger partial charge in [0.25, 0.3) is 0 Å². The Morgan fingerprint density at radius 1 is 1.43 bits per heavy atom. The number of thiophene rings is 1. The maximum atomic E-state index is 12.1. The molecule has 1 aromatic heterocycles. The summed E-state index contributed by atoms with van der Waals surface area (Å²) in [5, 5.41) is 9.71. The summed E-state index contributed by atoms with van der Waals surface area (Å²) < 4.78 is 5.20. The summed E-state index contributed by atoms with van der Waals surface area (Å²) >= 11 is 1.66. The van der Waals surface area contributed by atoms with E-state index in [2.05, 4.69) is 22.1 Å². The molecule has 0 spiro atoms. The Balaban J connectivity index is 1.93. The normalized spacial score (nSPS) is 23.1. The fourth-order valence-electron chi connectivity index (χ4n) is 2.33. The van der Waals surface area contributed by atoms with Crippen molar-refractivity contribution in [2.45, 2.75) is 51.2 Å². The maximum Gasteiger partial charge on any atom is 0.408 e. The molecule has 116 valence electrons. The van der Waals surface area contributed by atoms with Gasteiger partial charge in [0.1, 0.15) is 11.6 Å². The molecule has 1 aliphatic rings. The quantitative estimate of drug-likeness (QED) is 0.882. The number of ether oxygens (including phenoxy) is 1. The second-order valence-corrected chi connectivity index (χ2v) is 7.05. The molecule has 2 atom stereocenters. The molecule has 0 radical (unpaired) electrons. The summed E-state index contributed by atoms with van der Waals surface area (Å²) in [6.45, 7) is 6.01. The van der Waals surface area contributed by atoms with Crippen molar-refractivity contribution in [3.05, 3.63) is 22.4 Å². The van der Waals surface area contributed by atoms with Crippen LogP contribution in [0.15, 0.2) is 16.8 Å². The van der Waals surface area contributed by atoms with Gasteiger partial charge in [-0.1, -0.05) is 0 Å². The molecule has 0 bridgehead atoms. The molecule has 21 heavy (non-hydrogen) atoms. The number of rotatable bonds is 2. The minimum Gasteiger partial charge on any atom is -0.444 e. The van der Waals surface area contributed by atoms with E-state index in [1.54, 1.807) is 32.1 Å². The smallest absolute Gasteiger partial charge is 0.408 e. The Kier molecular flexibility index (Phi) is 4.88. The van der Waals surface area contributed by atoms with Crippen molar-refractivity contribution in [3.63, 3.8) is 0 Å². The fourth-order valence-corrected chi connectivity index (χ4v) is 3.07. The Bertz CT molecular complexity index is 494. The maximum absolute atomic E-state index is 12.1. The third kappa shape index (κ3) is 4.74. The predicted molar refractivity (Wildman–Crippen MR) is 82.5 cm³/mol. The molecule has 1 fully saturated rings. The molecule has 0 aromatic carbocycles. The highest BCUT2D eigenvalue weighted by Crippen LogP contribution is 2.25. The minimum atomic E-state index is -0.565. The van der Waals surface area contributed by atoms with Gasteiger partial charge < -0.3 is 15.4 Å². The number of hydrogen-bond acceptors (Lipinski definition) is 4. The minimum absolute atomic E-state index is 0.140. The van der Waals surface area contributed by atoms with Gasteiger partial charge in [-0.3, -0.25) is 4.79 Å². The van der Waals surface area contributed by atoms with E-state index in [1.807, 2.05) is 5.38 Å². The first kappa shape index (κ1) is 15.8. The van der Waals surface area contributed by atoms with Crippen LogP contribution in [-0.2, 0) is 9.53 Å². The van der Waals surface area contributed by atoms with Crippen LogP contribution in [0.4, 0.5) is 4.79 Å². The van der Waals surface area contributed by atoms with Crippen LogP contribution in [0.25, 0.3) is 0 Å². The zero-order valence-electron chi connectivity index (χ0n) is 12.6. The highest BCUT2D eigenvalue weighted by molar-refractivity contribution is 7.07. The van der Waals surface area contributed by atoms with Crippen molar-refractivity contribution < 1.29 is 14.3 Å². The van der Waals surface area contributed by atoms with E-state index in [-0.39, 0.29) is 5.91 Å². The van der Waals surface area contributed by atoms with Gasteiger partial charge >= 0.3 is 6.09 Å². The van der Waals surface area contributed by atoms with E-state index in [1.165, 1.54) is 5.56 Å². The lowest BCUT2D eigenvalue weighted by atomic mass is 9.96. The van der Waals surface area contributed by atoms with Gasteiger partial charge in [0, 0.05) is 12.5 Å². The third-order valence-electron chi connectivity index (χ3n) is 3.35. The molecule has 2 amide bonds. The van der Waals surface area contributed by atoms with Gasteiger partial charge in [-0.2, -0.15) is 11.3 Å². The van der Waals surface area contributed by atoms with E-state index in [0.29, 0.717) is 18.9 Å². The molecule has 2 rings (SSSR count). The molecule has 0 saturated carbocycles. The van der Waals surface area contributed by atoms with Gasteiger partial charge in [-0.05, 0) is 56.0 Å². The number of amides is 2. The van der Waals surface area contributed by atoms with Gasteiger partial charge in [-0.25, -0.2) is 4.79 Å². The zero-order valence-corrected chi connectivity index (χ0v) is 13.5. The summed E-state index contributed by atoms with van der Waals surface area (Å²) in [6, 6.07) is 1.56. The average molecular weight is 310 g/mol. The first-order valence-corrected chi connectivity index (χ1v) is 8.09. The molecule has 6 heteroatoms. The van der Waals surface area contributed by atoms with E-state index in [0.717, 1.165) is 6.42 Å². The second-order valence-electron chi connectivity index (χ2n) is 6.27. The Morgan fingerprint density at radius 3 is 2.81 bits per heavy atom. The molecule has 1 aliphatic heterocycles. The van der Waals surface area contributed by atoms with Crippen molar-refractivity contribution in [1.29, 1.82) is 0 Å². The van der Waals surface area contributed by atoms with Crippen molar-refractivity contribution in [1.82, 2.24) is 10.6 Å². The summed E-state index contributed by atoms with van der Waals surface area (Å²) in [4.78, 5) is 23.8. The van der Waals surface area contributed by atoms with E-state index >= 15 is 0 Å². The summed E-state index contributed by atoms with van der Waals surface area (Å²) in [7, 11) is 0. The Morgan fingerprint density at radius 2 is 2.19 bits per heavy atom. The van der Waals surface area contributed by atoms with E-state index in [4.69, 9.17) is 4.74 Å². The van der Waals surface area contributed by atoms with E-state index in [9.17, 15) is 9.59 Å². The second kappa shape index (κ2) is 6.47. The lowest BCUT2D eigenvalue weighted by molar-refractivity contribution is -0.122. The fraction of sp³-hybridized carbons (Fsp3) is 0.600. The van der Waals surface area contributed by atoms with Crippen LogP contribution in [-0.4, -0.2) is 30.2 Å². The van der Waals surface area contributed by atoms with E-state index < -0.39 is 17.7 Å². The lowest BCUT2D eigenvalue weighted by Gasteiger charge is -2.22. The zero-order chi connectivity index (χ0) is 15.5. The van der Waals surface area contributed by atoms with Gasteiger partial charge in [-0.15, -0.1) is 0 Å². The third-order valence-corrected chi connectivity index (χ3v) is 4.05. The summed E-state index contributed by atoms with van der Waals surface area (Å²) in [5.41, 5.74) is 0.683. The van der Waals surface area contributed by atoms with Crippen LogP contribution in [0.5, 0.6) is 0 Å². The largest absolute Gasteiger partial charge is 0.444 e. The Hall–Kier alpha value is -1.56. The van der Waals surface area contributed by atoms with Crippen molar-refractivity contribution in [2.24, 2.45) is 0 Å². The highest BCUT2D eigenvalue weighted by atomic mass is 32.1. The molecule has 1 unspecified atom stereocenters. The molecule has 2 N–H and O–H groups in total. The van der Waals surface area contributed by atoms with Gasteiger partial charge in [0.05, 0.1) is 0 Å². The van der Waals surface area contributed by atoms with Crippen LogP contribution in [0.1, 0.15) is 45.1 Å². The number of carbonyl (C=O) groups excluding carboxylic acids is 2. The first-order valence-electron chi connectivity index (χ1n) is 7.14. The van der Waals surface area contributed by atoms with Crippen molar-refractivity contribution in [3.8, 4) is 0 Å². The monoisotopic (exact) mass is 310 g/mol. The van der Waals surface area contributed by atoms with Crippen LogP contribution in [0.2, 0.25) is 0 Å². The van der Waals surface area contributed by atoms with Crippen LogP contribution >= 0.6 is 11.3 Å². The average Bonchev–Trinajstić information content (AvgIpc) is 2.82. The molecule has 5 nitrogen and oxygen atoms in total. The van der Waals surface area contributed by atoms with Gasteiger partial charge in [0.2, 0.25) is 5.91 Å². The van der Waals surface area contributed by atoms with Crippen LogP contribution < -0.4 is 10.6 Å². The Labute approximate surface area is 129 Å². The topological polar surface area (TPSA) is 67.4 Å². The SMILES string of the molecule is CC(C)(C)OC(=O)N[C@@H]1CCC(c2ccsc2)CNC1=O. The summed E-state index contributed by atoms with van der Waals surface area (Å²) in [6.07, 6.45) is 0.929.